The Morgan fingerprint density at radius 2 is 1.75 bits per heavy atom. The third-order valence-corrected chi connectivity index (χ3v) is 7.14. The number of aryl methyl sites for hydroxylation is 1. The van der Waals surface area contributed by atoms with E-state index >= 15 is 0 Å². The van der Waals surface area contributed by atoms with Crippen LogP contribution < -0.4 is 10.6 Å². The predicted molar refractivity (Wildman–Crippen MR) is 145 cm³/mol. The Balaban J connectivity index is 1.22. The molecule has 186 valence electrons. The molecule has 0 unspecified atom stereocenters. The van der Waals surface area contributed by atoms with Crippen molar-refractivity contribution in [1.82, 2.24) is 24.8 Å². The number of fused-ring (bicyclic) bond motifs is 1. The number of hydrogen-bond donors (Lipinski definition) is 2. The van der Waals surface area contributed by atoms with Gasteiger partial charge >= 0.3 is 0 Å². The minimum atomic E-state index is -0.0240. The molecule has 1 aliphatic heterocycles. The monoisotopic (exact) mass is 482 g/mol. The van der Waals surface area contributed by atoms with Gasteiger partial charge in [-0.15, -0.1) is 5.10 Å². The van der Waals surface area contributed by atoms with Crippen LogP contribution in [0.15, 0.2) is 66.9 Å². The average Bonchev–Trinajstić information content (AvgIpc) is 3.35. The van der Waals surface area contributed by atoms with E-state index in [4.69, 9.17) is 4.98 Å². The Morgan fingerprint density at radius 1 is 1.00 bits per heavy atom. The molecule has 2 N–H and O–H groups in total. The van der Waals surface area contributed by atoms with Crippen molar-refractivity contribution >= 4 is 23.2 Å². The quantitative estimate of drug-likeness (QED) is 0.363. The minimum Gasteiger partial charge on any atom is -0.352 e. The molecular weight excluding hydrogens is 448 g/mol. The first-order valence-electron chi connectivity index (χ1n) is 12.9. The van der Waals surface area contributed by atoms with E-state index in [0.29, 0.717) is 17.4 Å². The summed E-state index contributed by atoms with van der Waals surface area (Å²) in [6, 6.07) is 20.1. The highest BCUT2D eigenvalue weighted by Gasteiger charge is 2.19. The zero-order valence-corrected chi connectivity index (χ0v) is 21.1. The highest BCUT2D eigenvalue weighted by atomic mass is 16.1. The number of anilines is 2. The molecule has 0 bridgehead atoms. The Kier molecular flexibility index (Phi) is 7.28. The maximum Gasteiger partial charge on any atom is 0.251 e. The zero-order chi connectivity index (χ0) is 24.9. The fraction of sp³-hybridized carbons (Fsp3) is 0.345. The van der Waals surface area contributed by atoms with Gasteiger partial charge in [-0.1, -0.05) is 38.1 Å². The van der Waals surface area contributed by atoms with E-state index in [0.717, 1.165) is 67.9 Å². The highest BCUT2D eigenvalue weighted by molar-refractivity contribution is 5.94. The van der Waals surface area contributed by atoms with Crippen molar-refractivity contribution in [2.45, 2.75) is 33.1 Å². The van der Waals surface area contributed by atoms with E-state index in [2.05, 4.69) is 64.8 Å². The largest absolute Gasteiger partial charge is 0.352 e. The lowest BCUT2D eigenvalue weighted by atomic mass is 9.97. The van der Waals surface area contributed by atoms with Gasteiger partial charge in [0.2, 0.25) is 5.95 Å². The number of nitrogens with one attached hydrogen (secondary N) is 2. The Bertz CT molecular complexity index is 1300. The third kappa shape index (κ3) is 5.41. The van der Waals surface area contributed by atoms with Gasteiger partial charge in [0.25, 0.3) is 5.91 Å². The predicted octanol–water partition coefficient (Wildman–Crippen LogP) is 5.16. The molecule has 0 radical (unpaired) electrons. The van der Waals surface area contributed by atoms with Gasteiger partial charge in [-0.25, -0.2) is 4.52 Å². The number of nitrogens with zero attached hydrogens (tertiary/aromatic N) is 4. The van der Waals surface area contributed by atoms with Crippen LogP contribution in [0.25, 0.3) is 16.8 Å². The third-order valence-electron chi connectivity index (χ3n) is 7.14. The van der Waals surface area contributed by atoms with E-state index in [1.54, 1.807) is 4.52 Å². The summed E-state index contributed by atoms with van der Waals surface area (Å²) in [6.45, 7) is 8.46. The molecular formula is C29H34N6O. The molecule has 0 aliphatic carbocycles. The molecule has 5 rings (SSSR count). The van der Waals surface area contributed by atoms with Crippen LogP contribution in [0.4, 0.5) is 11.6 Å². The molecule has 0 spiro atoms. The first kappa shape index (κ1) is 24.0. The summed E-state index contributed by atoms with van der Waals surface area (Å²) in [7, 11) is 0. The van der Waals surface area contributed by atoms with Crippen molar-refractivity contribution in [1.29, 1.82) is 0 Å². The molecule has 2 aromatic carbocycles. The number of carbonyl (C=O) groups excluding carboxylic acids is 1. The molecule has 3 heterocycles. The van der Waals surface area contributed by atoms with E-state index in [1.165, 1.54) is 5.56 Å². The number of benzene rings is 2. The van der Waals surface area contributed by atoms with Crippen LogP contribution in [0, 0.1) is 5.92 Å². The molecule has 0 atom stereocenters. The standard InChI is InChI=1S/C29H34N6O/c1-3-21-7-9-23(10-8-21)26-6-5-17-35-27(26)32-29(33-35)31-25-13-11-24(12-14-25)28(36)30-20-22-15-18-34(4-2)19-16-22/h5-14,17,22H,3-4,15-16,18-20H2,1-2H3,(H,30,36)(H,31,33). The Morgan fingerprint density at radius 3 is 2.44 bits per heavy atom. The van der Waals surface area contributed by atoms with Gasteiger partial charge in [-0.05, 0) is 92.3 Å². The fourth-order valence-electron chi connectivity index (χ4n) is 4.78. The molecule has 4 aromatic rings. The number of piperidine rings is 1. The van der Waals surface area contributed by atoms with E-state index in [1.807, 2.05) is 36.5 Å². The number of carbonyl (C=O) groups is 1. The summed E-state index contributed by atoms with van der Waals surface area (Å²) < 4.78 is 1.79. The van der Waals surface area contributed by atoms with Gasteiger partial charge in [0.05, 0.1) is 0 Å². The number of likely N-dealkylation sites (tertiary alicyclic amines) is 1. The summed E-state index contributed by atoms with van der Waals surface area (Å²) in [6.07, 6.45) is 5.21. The summed E-state index contributed by atoms with van der Waals surface area (Å²) in [5, 5.41) is 11.0. The Labute approximate surface area is 212 Å². The number of rotatable bonds is 8. The van der Waals surface area contributed by atoms with Crippen LogP contribution in [0.2, 0.25) is 0 Å². The normalized spacial score (nSPS) is 14.7. The van der Waals surface area contributed by atoms with Crippen molar-refractivity contribution in [3.8, 4) is 11.1 Å². The van der Waals surface area contributed by atoms with Gasteiger partial charge in [0.15, 0.2) is 5.65 Å². The van der Waals surface area contributed by atoms with Gasteiger partial charge in [0.1, 0.15) is 0 Å². The van der Waals surface area contributed by atoms with Gasteiger partial charge in [-0.2, -0.15) is 4.98 Å². The zero-order valence-electron chi connectivity index (χ0n) is 21.1. The number of hydrogen-bond acceptors (Lipinski definition) is 5. The molecule has 0 saturated carbocycles. The lowest BCUT2D eigenvalue weighted by Crippen LogP contribution is -2.38. The SMILES string of the molecule is CCc1ccc(-c2cccn3nc(Nc4ccc(C(=O)NCC5CCN(CC)CC5)cc4)nc23)cc1. The molecule has 1 amide bonds. The summed E-state index contributed by atoms with van der Waals surface area (Å²) >= 11 is 0. The van der Waals surface area contributed by atoms with E-state index in [-0.39, 0.29) is 5.91 Å². The van der Waals surface area contributed by atoms with Gasteiger partial charge in [0, 0.05) is 29.6 Å². The van der Waals surface area contributed by atoms with Gasteiger partial charge in [-0.3, -0.25) is 4.79 Å². The van der Waals surface area contributed by atoms with Crippen LogP contribution in [-0.2, 0) is 6.42 Å². The average molecular weight is 483 g/mol. The van der Waals surface area contributed by atoms with Gasteiger partial charge < -0.3 is 15.5 Å². The van der Waals surface area contributed by atoms with E-state index < -0.39 is 0 Å². The van der Waals surface area contributed by atoms with Crippen LogP contribution in [0.3, 0.4) is 0 Å². The second-order valence-electron chi connectivity index (χ2n) is 9.47. The number of amides is 1. The first-order chi connectivity index (χ1) is 17.6. The smallest absolute Gasteiger partial charge is 0.251 e. The number of aromatic nitrogens is 3. The molecule has 1 saturated heterocycles. The second kappa shape index (κ2) is 10.9. The second-order valence-corrected chi connectivity index (χ2v) is 9.47. The maximum absolute atomic E-state index is 12.6. The molecule has 7 heteroatoms. The lowest BCUT2D eigenvalue weighted by Gasteiger charge is -2.31. The van der Waals surface area contributed by atoms with Crippen molar-refractivity contribution < 1.29 is 4.79 Å². The van der Waals surface area contributed by atoms with Crippen LogP contribution >= 0.6 is 0 Å². The maximum atomic E-state index is 12.6. The summed E-state index contributed by atoms with van der Waals surface area (Å²) in [5.41, 5.74) is 5.75. The first-order valence-corrected chi connectivity index (χ1v) is 12.9. The molecule has 1 fully saturated rings. The van der Waals surface area contributed by atoms with Crippen LogP contribution in [0.1, 0.15) is 42.6 Å². The molecule has 1 aliphatic rings. The van der Waals surface area contributed by atoms with Crippen molar-refractivity contribution in [3.05, 3.63) is 78.0 Å². The number of pyridine rings is 1. The minimum absolute atomic E-state index is 0.0240. The summed E-state index contributed by atoms with van der Waals surface area (Å²) in [4.78, 5) is 19.8. The highest BCUT2D eigenvalue weighted by Crippen LogP contribution is 2.25. The topological polar surface area (TPSA) is 74.6 Å². The van der Waals surface area contributed by atoms with Crippen molar-refractivity contribution in [3.63, 3.8) is 0 Å². The van der Waals surface area contributed by atoms with Crippen molar-refractivity contribution in [2.75, 3.05) is 31.5 Å². The molecule has 7 nitrogen and oxygen atoms in total. The summed E-state index contributed by atoms with van der Waals surface area (Å²) in [5.74, 6) is 1.06. The molecule has 36 heavy (non-hydrogen) atoms. The fourth-order valence-corrected chi connectivity index (χ4v) is 4.78. The van der Waals surface area contributed by atoms with Crippen LogP contribution in [-0.4, -0.2) is 51.6 Å². The lowest BCUT2D eigenvalue weighted by molar-refractivity contribution is 0.0937. The van der Waals surface area contributed by atoms with Crippen LogP contribution in [0.5, 0.6) is 0 Å². The van der Waals surface area contributed by atoms with E-state index in [9.17, 15) is 4.79 Å². The molecule has 2 aromatic heterocycles. The Hall–Kier alpha value is -3.71. The van der Waals surface area contributed by atoms with Crippen molar-refractivity contribution in [2.24, 2.45) is 5.92 Å².